The fraction of sp³-hybridized carbons (Fsp3) is 0.357. The summed E-state index contributed by atoms with van der Waals surface area (Å²) in [6.45, 7) is 2.41. The molecule has 1 aromatic carbocycles. The summed E-state index contributed by atoms with van der Waals surface area (Å²) in [5.74, 6) is 0.417. The molecule has 2 rings (SSSR count). The molecule has 0 fully saturated rings. The van der Waals surface area contributed by atoms with Crippen molar-refractivity contribution in [2.45, 2.75) is 32.4 Å². The van der Waals surface area contributed by atoms with E-state index in [1.54, 1.807) is 12.3 Å². The molecule has 0 aliphatic heterocycles. The Morgan fingerprint density at radius 3 is 3.00 bits per heavy atom. The largest absolute Gasteiger partial charge is 0.486 e. The predicted octanol–water partition coefficient (Wildman–Crippen LogP) is 3.14. The highest BCUT2D eigenvalue weighted by Gasteiger charge is 2.10. The number of halogens is 1. The van der Waals surface area contributed by atoms with E-state index < -0.39 is 0 Å². The first-order valence-corrected chi connectivity index (χ1v) is 7.12. The van der Waals surface area contributed by atoms with E-state index >= 15 is 0 Å². The number of rotatable bonds is 6. The minimum absolute atomic E-state index is 0.0176. The third-order valence-corrected chi connectivity index (χ3v) is 3.62. The molecule has 2 N–H and O–H groups in total. The number of nitrogens with zero attached hydrogens (tertiary/aromatic N) is 1. The Hall–Kier alpha value is -1.46. The Bertz CT molecular complexity index is 516. The molecule has 3 nitrogen and oxygen atoms in total. The summed E-state index contributed by atoms with van der Waals surface area (Å²) in [5, 5.41) is 2.80. The van der Waals surface area contributed by atoms with Crippen molar-refractivity contribution in [3.05, 3.63) is 46.2 Å². The molecule has 0 aliphatic rings. The third-order valence-electron chi connectivity index (χ3n) is 2.86. The van der Waals surface area contributed by atoms with Crippen LogP contribution in [0.5, 0.6) is 5.75 Å². The molecular formula is C14H17FN2OS. The lowest BCUT2D eigenvalue weighted by atomic mass is 10.0. The summed E-state index contributed by atoms with van der Waals surface area (Å²) in [5.41, 5.74) is 6.74. The number of aromatic nitrogens is 1. The summed E-state index contributed by atoms with van der Waals surface area (Å²) in [4.78, 5) is 4.15. The van der Waals surface area contributed by atoms with Crippen molar-refractivity contribution >= 4 is 11.3 Å². The normalized spacial score (nSPS) is 12.4. The highest BCUT2D eigenvalue weighted by molar-refractivity contribution is 7.09. The summed E-state index contributed by atoms with van der Waals surface area (Å²) in [6.07, 6.45) is 3.20. The first-order chi connectivity index (χ1) is 9.19. The van der Waals surface area contributed by atoms with Crippen molar-refractivity contribution in [3.63, 3.8) is 0 Å². The van der Waals surface area contributed by atoms with Crippen LogP contribution in [0.2, 0.25) is 0 Å². The van der Waals surface area contributed by atoms with Crippen LogP contribution in [0, 0.1) is 5.82 Å². The number of thiazole rings is 1. The van der Waals surface area contributed by atoms with Crippen molar-refractivity contribution in [2.75, 3.05) is 0 Å². The van der Waals surface area contributed by atoms with Crippen LogP contribution < -0.4 is 10.5 Å². The zero-order valence-electron chi connectivity index (χ0n) is 10.8. The maximum absolute atomic E-state index is 13.3. The molecule has 102 valence electrons. The minimum Gasteiger partial charge on any atom is -0.486 e. The maximum atomic E-state index is 13.3. The van der Waals surface area contributed by atoms with Crippen LogP contribution in [0.15, 0.2) is 29.8 Å². The van der Waals surface area contributed by atoms with Gasteiger partial charge in [-0.25, -0.2) is 9.37 Å². The van der Waals surface area contributed by atoms with Gasteiger partial charge < -0.3 is 10.5 Å². The first kappa shape index (κ1) is 14.0. The van der Waals surface area contributed by atoms with Gasteiger partial charge in [0.2, 0.25) is 0 Å². The van der Waals surface area contributed by atoms with Crippen LogP contribution in [-0.4, -0.2) is 11.0 Å². The molecule has 1 atom stereocenters. The van der Waals surface area contributed by atoms with Gasteiger partial charge in [-0.2, -0.15) is 0 Å². The lowest BCUT2D eigenvalue weighted by molar-refractivity contribution is 0.301. The predicted molar refractivity (Wildman–Crippen MR) is 74.8 cm³/mol. The van der Waals surface area contributed by atoms with E-state index in [1.165, 1.54) is 23.5 Å². The van der Waals surface area contributed by atoms with Gasteiger partial charge in [-0.05, 0) is 36.6 Å². The molecule has 0 aliphatic carbocycles. The van der Waals surface area contributed by atoms with Gasteiger partial charge in [-0.1, -0.05) is 6.92 Å². The Morgan fingerprint density at radius 2 is 2.32 bits per heavy atom. The fourth-order valence-electron chi connectivity index (χ4n) is 1.74. The topological polar surface area (TPSA) is 48.1 Å². The quantitative estimate of drug-likeness (QED) is 0.884. The SMILES string of the molecule is CCC(N)Cc1cc(F)ccc1OCc1nccs1. The number of hydrogen-bond acceptors (Lipinski definition) is 4. The van der Waals surface area contributed by atoms with Gasteiger partial charge >= 0.3 is 0 Å². The lowest BCUT2D eigenvalue weighted by Gasteiger charge is -2.14. The van der Waals surface area contributed by atoms with Gasteiger partial charge in [-0.15, -0.1) is 11.3 Å². The van der Waals surface area contributed by atoms with Gasteiger partial charge in [0.25, 0.3) is 0 Å². The van der Waals surface area contributed by atoms with E-state index in [0.717, 1.165) is 17.0 Å². The van der Waals surface area contributed by atoms with Crippen LogP contribution in [0.3, 0.4) is 0 Å². The van der Waals surface area contributed by atoms with E-state index in [2.05, 4.69) is 4.98 Å². The van der Waals surface area contributed by atoms with E-state index in [-0.39, 0.29) is 11.9 Å². The molecule has 1 heterocycles. The highest BCUT2D eigenvalue weighted by Crippen LogP contribution is 2.23. The fourth-order valence-corrected chi connectivity index (χ4v) is 2.27. The van der Waals surface area contributed by atoms with Crippen LogP contribution in [0.1, 0.15) is 23.9 Å². The molecule has 1 aromatic heterocycles. The summed E-state index contributed by atoms with van der Waals surface area (Å²) < 4.78 is 19.0. The lowest BCUT2D eigenvalue weighted by Crippen LogP contribution is -2.21. The minimum atomic E-state index is -0.264. The molecule has 0 radical (unpaired) electrons. The average Bonchev–Trinajstić information content (AvgIpc) is 2.91. The van der Waals surface area contributed by atoms with Crippen LogP contribution in [-0.2, 0) is 13.0 Å². The molecule has 0 amide bonds. The van der Waals surface area contributed by atoms with E-state index in [4.69, 9.17) is 10.5 Å². The molecule has 5 heteroatoms. The zero-order valence-corrected chi connectivity index (χ0v) is 11.6. The first-order valence-electron chi connectivity index (χ1n) is 6.24. The number of hydrogen-bond donors (Lipinski definition) is 1. The van der Waals surface area contributed by atoms with Crippen molar-refractivity contribution in [1.82, 2.24) is 4.98 Å². The van der Waals surface area contributed by atoms with Crippen molar-refractivity contribution < 1.29 is 9.13 Å². The van der Waals surface area contributed by atoms with Gasteiger partial charge in [0.15, 0.2) is 0 Å². The second-order valence-corrected chi connectivity index (χ2v) is 5.32. The van der Waals surface area contributed by atoms with Gasteiger partial charge in [0, 0.05) is 17.6 Å². The van der Waals surface area contributed by atoms with Crippen LogP contribution >= 0.6 is 11.3 Å². The summed E-state index contributed by atoms with van der Waals surface area (Å²) >= 11 is 1.53. The second-order valence-electron chi connectivity index (χ2n) is 4.34. The molecular weight excluding hydrogens is 263 g/mol. The molecule has 19 heavy (non-hydrogen) atoms. The maximum Gasteiger partial charge on any atom is 0.140 e. The van der Waals surface area contributed by atoms with Gasteiger partial charge in [0.05, 0.1) is 0 Å². The van der Waals surface area contributed by atoms with E-state index in [0.29, 0.717) is 18.8 Å². The van der Waals surface area contributed by atoms with Crippen LogP contribution in [0.25, 0.3) is 0 Å². The number of nitrogens with two attached hydrogens (primary N) is 1. The van der Waals surface area contributed by atoms with Crippen LogP contribution in [0.4, 0.5) is 4.39 Å². The molecule has 1 unspecified atom stereocenters. The molecule has 0 saturated carbocycles. The highest BCUT2D eigenvalue weighted by atomic mass is 32.1. The van der Waals surface area contributed by atoms with E-state index in [9.17, 15) is 4.39 Å². The summed E-state index contributed by atoms with van der Waals surface area (Å²) in [7, 11) is 0. The van der Waals surface area contributed by atoms with Crippen molar-refractivity contribution in [2.24, 2.45) is 5.73 Å². The molecule has 0 saturated heterocycles. The molecule has 2 aromatic rings. The standard InChI is InChI=1S/C14H17FN2OS/c1-2-12(16)8-10-7-11(15)3-4-13(10)18-9-14-17-5-6-19-14/h3-7,12H,2,8-9,16H2,1H3. The smallest absolute Gasteiger partial charge is 0.140 e. The second kappa shape index (κ2) is 6.63. The molecule has 0 spiro atoms. The Kier molecular flexibility index (Phi) is 4.87. The van der Waals surface area contributed by atoms with E-state index in [1.807, 2.05) is 12.3 Å². The zero-order chi connectivity index (χ0) is 13.7. The summed E-state index contributed by atoms with van der Waals surface area (Å²) in [6, 6.07) is 4.56. The van der Waals surface area contributed by atoms with Crippen molar-refractivity contribution in [1.29, 1.82) is 0 Å². The van der Waals surface area contributed by atoms with Crippen molar-refractivity contribution in [3.8, 4) is 5.75 Å². The third kappa shape index (κ3) is 4.01. The number of ether oxygens (including phenoxy) is 1. The monoisotopic (exact) mass is 280 g/mol. The van der Waals surface area contributed by atoms with Gasteiger partial charge in [0.1, 0.15) is 23.2 Å². The Morgan fingerprint density at radius 1 is 1.47 bits per heavy atom. The van der Waals surface area contributed by atoms with Gasteiger partial charge in [-0.3, -0.25) is 0 Å². The molecule has 0 bridgehead atoms. The number of benzene rings is 1. The Balaban J connectivity index is 2.09. The Labute approximate surface area is 116 Å². The average molecular weight is 280 g/mol.